The molecule has 6 heteroatoms. The van der Waals surface area contributed by atoms with Gasteiger partial charge in [-0.3, -0.25) is 13.9 Å². The normalized spacial score (nSPS) is 11.4. The van der Waals surface area contributed by atoms with Gasteiger partial charge in [0.05, 0.1) is 18.6 Å². The van der Waals surface area contributed by atoms with Crippen molar-refractivity contribution in [3.63, 3.8) is 0 Å². The number of hydrogen-bond donors (Lipinski definition) is 0. The first-order chi connectivity index (χ1) is 14.6. The van der Waals surface area contributed by atoms with E-state index in [1.165, 1.54) is 28.0 Å². The number of thiophene rings is 1. The molecule has 0 aliphatic carbocycles. The Balaban J connectivity index is 1.81. The summed E-state index contributed by atoms with van der Waals surface area (Å²) in [6, 6.07) is 23.3. The molecule has 0 atom stereocenters. The molecule has 3 aromatic carbocycles. The zero-order chi connectivity index (χ0) is 20.7. The number of fused-ring (bicyclic) bond motifs is 3. The molecule has 5 rings (SSSR count). The highest BCUT2D eigenvalue weighted by molar-refractivity contribution is 7.25. The van der Waals surface area contributed by atoms with Gasteiger partial charge in [0.15, 0.2) is 0 Å². The minimum Gasteiger partial charge on any atom is -0.287 e. The van der Waals surface area contributed by atoms with Gasteiger partial charge in [-0.1, -0.05) is 60.7 Å². The third kappa shape index (κ3) is 3.15. The van der Waals surface area contributed by atoms with Crippen LogP contribution in [0.4, 0.5) is 4.39 Å². The van der Waals surface area contributed by atoms with Crippen LogP contribution in [0.15, 0.2) is 88.5 Å². The van der Waals surface area contributed by atoms with Gasteiger partial charge in [0.2, 0.25) is 0 Å². The Bertz CT molecular complexity index is 1500. The van der Waals surface area contributed by atoms with Gasteiger partial charge in [-0.15, -0.1) is 11.3 Å². The van der Waals surface area contributed by atoms with Gasteiger partial charge in [-0.2, -0.15) is 0 Å². The summed E-state index contributed by atoms with van der Waals surface area (Å²) in [5, 5.41) is 0.856. The molecule has 0 spiro atoms. The molecule has 2 aromatic heterocycles. The first kappa shape index (κ1) is 18.5. The van der Waals surface area contributed by atoms with Crippen molar-refractivity contribution < 1.29 is 4.39 Å². The number of hydrogen-bond acceptors (Lipinski definition) is 3. The Morgan fingerprint density at radius 2 is 1.47 bits per heavy atom. The highest BCUT2D eigenvalue weighted by Crippen LogP contribution is 2.31. The molecule has 0 aliphatic heterocycles. The maximum Gasteiger partial charge on any atom is 0.332 e. The zero-order valence-electron chi connectivity index (χ0n) is 15.9. The number of nitrogens with zero attached hydrogens (tertiary/aromatic N) is 2. The van der Waals surface area contributed by atoms with E-state index in [1.807, 2.05) is 54.6 Å². The van der Waals surface area contributed by atoms with Crippen LogP contribution in [0.25, 0.3) is 20.3 Å². The zero-order valence-corrected chi connectivity index (χ0v) is 16.7. The molecule has 0 aliphatic rings. The Hall–Kier alpha value is -3.51. The molecule has 2 heterocycles. The maximum atomic E-state index is 13.8. The van der Waals surface area contributed by atoms with Crippen molar-refractivity contribution in [2.24, 2.45) is 0 Å². The van der Waals surface area contributed by atoms with Gasteiger partial charge in [0.1, 0.15) is 10.5 Å². The molecule has 0 fully saturated rings. The molecule has 0 saturated carbocycles. The van der Waals surface area contributed by atoms with E-state index < -0.39 is 5.69 Å². The van der Waals surface area contributed by atoms with Crippen molar-refractivity contribution in [3.8, 4) is 0 Å². The standard InChI is InChI=1S/C24H17FN2O2S/c25-18-10-6-9-17(13-18)15-26-21-19-11-4-5-12-20(19)30-22(21)23(28)27(24(26)29)14-16-7-2-1-3-8-16/h1-13H,14-15H2. The quantitative estimate of drug-likeness (QED) is 0.429. The molecule has 0 N–H and O–H groups in total. The van der Waals surface area contributed by atoms with Crippen LogP contribution >= 0.6 is 11.3 Å². The fourth-order valence-corrected chi connectivity index (χ4v) is 4.92. The number of aromatic nitrogens is 2. The van der Waals surface area contributed by atoms with Crippen LogP contribution in [0.3, 0.4) is 0 Å². The molecule has 0 bridgehead atoms. The van der Waals surface area contributed by atoms with Gasteiger partial charge >= 0.3 is 5.69 Å². The molecule has 0 radical (unpaired) electrons. The van der Waals surface area contributed by atoms with Crippen molar-refractivity contribution >= 4 is 31.6 Å². The minimum absolute atomic E-state index is 0.183. The van der Waals surface area contributed by atoms with Crippen LogP contribution < -0.4 is 11.2 Å². The fourth-order valence-electron chi connectivity index (χ4n) is 3.77. The SMILES string of the molecule is O=c1c2sc3ccccc3c2n(Cc2cccc(F)c2)c(=O)n1Cc1ccccc1. The molecule has 4 nitrogen and oxygen atoms in total. The molecular formula is C24H17FN2O2S. The summed E-state index contributed by atoms with van der Waals surface area (Å²) >= 11 is 1.38. The highest BCUT2D eigenvalue weighted by atomic mass is 32.1. The second-order valence-electron chi connectivity index (χ2n) is 7.15. The van der Waals surface area contributed by atoms with Crippen LogP contribution in [0.2, 0.25) is 0 Å². The number of benzene rings is 3. The summed E-state index contributed by atoms with van der Waals surface area (Å²) in [5.74, 6) is -0.357. The first-order valence-corrected chi connectivity index (χ1v) is 10.4. The number of halogens is 1. The Labute approximate surface area is 175 Å². The van der Waals surface area contributed by atoms with Crippen molar-refractivity contribution in [1.82, 2.24) is 9.13 Å². The van der Waals surface area contributed by atoms with Crippen molar-refractivity contribution in [1.29, 1.82) is 0 Å². The maximum absolute atomic E-state index is 13.8. The molecule has 30 heavy (non-hydrogen) atoms. The van der Waals surface area contributed by atoms with Crippen molar-refractivity contribution in [2.45, 2.75) is 13.1 Å². The Morgan fingerprint density at radius 1 is 0.767 bits per heavy atom. The average Bonchev–Trinajstić information content (AvgIpc) is 3.15. The van der Waals surface area contributed by atoms with Crippen LogP contribution in [0, 0.1) is 5.82 Å². The van der Waals surface area contributed by atoms with E-state index in [9.17, 15) is 14.0 Å². The van der Waals surface area contributed by atoms with E-state index in [-0.39, 0.29) is 24.5 Å². The third-order valence-electron chi connectivity index (χ3n) is 5.15. The summed E-state index contributed by atoms with van der Waals surface area (Å²) in [6.07, 6.45) is 0. The van der Waals surface area contributed by atoms with Gasteiger partial charge < -0.3 is 0 Å². The lowest BCUT2D eigenvalue weighted by Gasteiger charge is -2.13. The van der Waals surface area contributed by atoms with Crippen LogP contribution in [-0.4, -0.2) is 9.13 Å². The molecule has 148 valence electrons. The Morgan fingerprint density at radius 3 is 2.27 bits per heavy atom. The second kappa shape index (κ2) is 7.39. The Kier molecular flexibility index (Phi) is 4.56. The van der Waals surface area contributed by atoms with Gasteiger partial charge in [-0.25, -0.2) is 9.18 Å². The largest absolute Gasteiger partial charge is 0.332 e. The molecular weight excluding hydrogens is 399 g/mol. The molecule has 5 aromatic rings. The number of rotatable bonds is 4. The van der Waals surface area contributed by atoms with Gasteiger partial charge in [-0.05, 0) is 29.3 Å². The van der Waals surface area contributed by atoms with E-state index in [2.05, 4.69) is 0 Å². The summed E-state index contributed by atoms with van der Waals surface area (Å²) < 4.78 is 18.1. The summed E-state index contributed by atoms with van der Waals surface area (Å²) in [4.78, 5) is 26.8. The summed E-state index contributed by atoms with van der Waals surface area (Å²) in [7, 11) is 0. The predicted molar refractivity (Wildman–Crippen MR) is 119 cm³/mol. The molecule has 0 saturated heterocycles. The first-order valence-electron chi connectivity index (χ1n) is 9.55. The lowest BCUT2D eigenvalue weighted by molar-refractivity contribution is 0.615. The van der Waals surface area contributed by atoms with Gasteiger partial charge in [0.25, 0.3) is 5.56 Å². The second-order valence-corrected chi connectivity index (χ2v) is 8.20. The van der Waals surface area contributed by atoms with Crippen LogP contribution in [0.5, 0.6) is 0 Å². The van der Waals surface area contributed by atoms with Crippen molar-refractivity contribution in [2.75, 3.05) is 0 Å². The van der Waals surface area contributed by atoms with E-state index in [4.69, 9.17) is 0 Å². The molecule has 0 amide bonds. The lowest BCUT2D eigenvalue weighted by atomic mass is 10.2. The third-order valence-corrected chi connectivity index (χ3v) is 6.30. The van der Waals surface area contributed by atoms with E-state index >= 15 is 0 Å². The summed E-state index contributed by atoms with van der Waals surface area (Å²) in [6.45, 7) is 0.370. The topological polar surface area (TPSA) is 44.0 Å². The smallest absolute Gasteiger partial charge is 0.287 e. The molecule has 0 unspecified atom stereocenters. The van der Waals surface area contributed by atoms with Gasteiger partial charge in [0, 0.05) is 10.1 Å². The van der Waals surface area contributed by atoms with E-state index in [0.717, 1.165) is 15.6 Å². The monoisotopic (exact) mass is 416 g/mol. The van der Waals surface area contributed by atoms with Crippen LogP contribution in [0.1, 0.15) is 11.1 Å². The van der Waals surface area contributed by atoms with E-state index in [0.29, 0.717) is 15.8 Å². The van der Waals surface area contributed by atoms with Crippen LogP contribution in [-0.2, 0) is 13.1 Å². The fraction of sp³-hybridized carbons (Fsp3) is 0.0833. The average molecular weight is 416 g/mol. The highest BCUT2D eigenvalue weighted by Gasteiger charge is 2.18. The van der Waals surface area contributed by atoms with E-state index in [1.54, 1.807) is 16.7 Å². The lowest BCUT2D eigenvalue weighted by Crippen LogP contribution is -2.40. The summed E-state index contributed by atoms with van der Waals surface area (Å²) in [5.41, 5.74) is 1.45. The minimum atomic E-state index is -0.399. The predicted octanol–water partition coefficient (Wildman–Crippen LogP) is 4.61. The van der Waals surface area contributed by atoms with Crippen molar-refractivity contribution in [3.05, 3.63) is 117 Å².